The summed E-state index contributed by atoms with van der Waals surface area (Å²) in [6.45, 7) is 4.21. The maximum atomic E-state index is 11.8. The van der Waals surface area contributed by atoms with Gasteiger partial charge < -0.3 is 5.32 Å². The molecule has 1 rings (SSSR count). The van der Waals surface area contributed by atoms with Crippen molar-refractivity contribution in [3.05, 3.63) is 29.8 Å². The van der Waals surface area contributed by atoms with Crippen LogP contribution in [0.2, 0.25) is 0 Å². The monoisotopic (exact) mass is 284 g/mol. The summed E-state index contributed by atoms with van der Waals surface area (Å²) in [5.41, 5.74) is 1.53. The largest absolute Gasteiger partial charge is 0.355 e. The summed E-state index contributed by atoms with van der Waals surface area (Å²) in [5.74, 6) is -0.298. The Morgan fingerprint density at radius 2 is 1.84 bits per heavy atom. The van der Waals surface area contributed by atoms with Gasteiger partial charge in [-0.05, 0) is 25.5 Å². The Kier molecular flexibility index (Phi) is 5.35. The third-order valence-corrected chi connectivity index (χ3v) is 3.72. The second kappa shape index (κ2) is 6.56. The molecule has 1 N–H and O–H groups in total. The first-order valence-corrected chi connectivity index (χ1v) is 8.00. The van der Waals surface area contributed by atoms with E-state index in [4.69, 9.17) is 0 Å². The third kappa shape index (κ3) is 4.90. The maximum absolute atomic E-state index is 11.8. The van der Waals surface area contributed by atoms with E-state index >= 15 is 0 Å². The van der Waals surface area contributed by atoms with Crippen molar-refractivity contribution in [2.45, 2.75) is 20.3 Å². The molecule has 6 heteroatoms. The quantitative estimate of drug-likeness (QED) is 0.856. The number of carbonyl (C=O) groups excluding carboxylic acids is 1. The lowest BCUT2D eigenvalue weighted by molar-refractivity contribution is -0.119. The molecule has 1 aromatic rings. The van der Waals surface area contributed by atoms with E-state index in [1.54, 1.807) is 12.1 Å². The molecular formula is C13H20N2O3S. The standard InChI is InChI=1S/C13H20N2O3S/c1-4-9-14-13(16)10-15(19(3,17)18)12-7-5-11(2)6-8-12/h5-8H,4,9-10H2,1-3H3,(H,14,16). The number of aryl methyl sites for hydroxylation is 1. The average molecular weight is 284 g/mol. The van der Waals surface area contributed by atoms with Crippen molar-refractivity contribution in [2.75, 3.05) is 23.7 Å². The van der Waals surface area contributed by atoms with Crippen LogP contribution in [0.3, 0.4) is 0 Å². The Hall–Kier alpha value is -1.56. The van der Waals surface area contributed by atoms with Gasteiger partial charge in [0.05, 0.1) is 11.9 Å². The molecule has 1 aromatic carbocycles. The normalized spacial score (nSPS) is 11.1. The van der Waals surface area contributed by atoms with Crippen LogP contribution in [0.1, 0.15) is 18.9 Å². The van der Waals surface area contributed by atoms with Crippen LogP contribution in [-0.2, 0) is 14.8 Å². The predicted molar refractivity (Wildman–Crippen MR) is 76.7 cm³/mol. The summed E-state index contributed by atoms with van der Waals surface area (Å²) < 4.78 is 24.7. The molecule has 0 saturated heterocycles. The molecule has 1 amide bonds. The highest BCUT2D eigenvalue weighted by Crippen LogP contribution is 2.17. The molecule has 19 heavy (non-hydrogen) atoms. The number of carbonyl (C=O) groups is 1. The number of hydrogen-bond donors (Lipinski definition) is 1. The zero-order chi connectivity index (χ0) is 14.5. The molecule has 106 valence electrons. The topological polar surface area (TPSA) is 66.5 Å². The van der Waals surface area contributed by atoms with Gasteiger partial charge in [-0.15, -0.1) is 0 Å². The molecule has 0 radical (unpaired) electrons. The smallest absolute Gasteiger partial charge is 0.240 e. The number of benzene rings is 1. The van der Waals surface area contributed by atoms with Crippen molar-refractivity contribution in [3.8, 4) is 0 Å². The fraction of sp³-hybridized carbons (Fsp3) is 0.462. The van der Waals surface area contributed by atoms with Gasteiger partial charge in [0.25, 0.3) is 0 Å². The number of sulfonamides is 1. The van der Waals surface area contributed by atoms with Crippen LogP contribution in [0.15, 0.2) is 24.3 Å². The highest BCUT2D eigenvalue weighted by atomic mass is 32.2. The van der Waals surface area contributed by atoms with E-state index in [9.17, 15) is 13.2 Å². The molecule has 0 aliphatic rings. The molecule has 0 aromatic heterocycles. The number of hydrogen-bond acceptors (Lipinski definition) is 3. The lowest BCUT2D eigenvalue weighted by atomic mass is 10.2. The third-order valence-electron chi connectivity index (χ3n) is 2.58. The number of anilines is 1. The summed E-state index contributed by atoms with van der Waals surface area (Å²) in [6.07, 6.45) is 1.91. The van der Waals surface area contributed by atoms with Crippen molar-refractivity contribution in [3.63, 3.8) is 0 Å². The summed E-state index contributed by atoms with van der Waals surface area (Å²) in [6, 6.07) is 7.03. The van der Waals surface area contributed by atoms with Crippen molar-refractivity contribution in [1.29, 1.82) is 0 Å². The minimum Gasteiger partial charge on any atom is -0.355 e. The number of amides is 1. The van der Waals surface area contributed by atoms with Crippen LogP contribution in [0, 0.1) is 6.92 Å². The van der Waals surface area contributed by atoms with Crippen LogP contribution in [-0.4, -0.2) is 33.7 Å². The fourth-order valence-electron chi connectivity index (χ4n) is 1.56. The summed E-state index contributed by atoms with van der Waals surface area (Å²) >= 11 is 0. The van der Waals surface area contributed by atoms with Crippen LogP contribution >= 0.6 is 0 Å². The molecule has 0 fully saturated rings. The molecule has 0 aliphatic carbocycles. The van der Waals surface area contributed by atoms with E-state index in [0.717, 1.165) is 22.5 Å². The van der Waals surface area contributed by atoms with Crippen molar-refractivity contribution in [2.24, 2.45) is 0 Å². The van der Waals surface area contributed by atoms with E-state index in [2.05, 4.69) is 5.32 Å². The van der Waals surface area contributed by atoms with Gasteiger partial charge in [-0.3, -0.25) is 9.10 Å². The predicted octanol–water partition coefficient (Wildman–Crippen LogP) is 1.29. The Bertz CT molecular complexity index is 523. The van der Waals surface area contributed by atoms with Gasteiger partial charge in [-0.25, -0.2) is 8.42 Å². The van der Waals surface area contributed by atoms with E-state index in [-0.39, 0.29) is 12.5 Å². The first kappa shape index (κ1) is 15.5. The second-order valence-electron chi connectivity index (χ2n) is 4.46. The van der Waals surface area contributed by atoms with Gasteiger partial charge in [-0.2, -0.15) is 0 Å². The van der Waals surface area contributed by atoms with Gasteiger partial charge in [0, 0.05) is 6.54 Å². The minimum absolute atomic E-state index is 0.193. The van der Waals surface area contributed by atoms with E-state index < -0.39 is 10.0 Å². The Balaban J connectivity index is 2.91. The molecular weight excluding hydrogens is 264 g/mol. The average Bonchev–Trinajstić information content (AvgIpc) is 2.33. The number of nitrogens with zero attached hydrogens (tertiary/aromatic N) is 1. The SMILES string of the molecule is CCCNC(=O)CN(c1ccc(C)cc1)S(C)(=O)=O. The Morgan fingerprint density at radius 1 is 1.26 bits per heavy atom. The van der Waals surface area contributed by atoms with Crippen LogP contribution in [0.25, 0.3) is 0 Å². The Morgan fingerprint density at radius 3 is 2.32 bits per heavy atom. The molecule has 0 saturated carbocycles. The molecule has 0 unspecified atom stereocenters. The molecule has 0 spiro atoms. The van der Waals surface area contributed by atoms with Crippen molar-refractivity contribution in [1.82, 2.24) is 5.32 Å². The zero-order valence-electron chi connectivity index (χ0n) is 11.5. The van der Waals surface area contributed by atoms with Gasteiger partial charge in [0.1, 0.15) is 6.54 Å². The van der Waals surface area contributed by atoms with E-state index in [1.165, 1.54) is 0 Å². The summed E-state index contributed by atoms with van der Waals surface area (Å²) in [4.78, 5) is 11.7. The lowest BCUT2D eigenvalue weighted by Crippen LogP contribution is -2.40. The highest BCUT2D eigenvalue weighted by molar-refractivity contribution is 7.92. The zero-order valence-corrected chi connectivity index (χ0v) is 12.3. The second-order valence-corrected chi connectivity index (χ2v) is 6.36. The van der Waals surface area contributed by atoms with Crippen LogP contribution in [0.4, 0.5) is 5.69 Å². The van der Waals surface area contributed by atoms with Crippen LogP contribution in [0.5, 0.6) is 0 Å². The first-order chi connectivity index (χ1) is 8.84. The maximum Gasteiger partial charge on any atom is 0.240 e. The van der Waals surface area contributed by atoms with Crippen molar-refractivity contribution < 1.29 is 13.2 Å². The summed E-state index contributed by atoms with van der Waals surface area (Å²) in [7, 11) is -3.48. The van der Waals surface area contributed by atoms with E-state index in [0.29, 0.717) is 12.2 Å². The van der Waals surface area contributed by atoms with E-state index in [1.807, 2.05) is 26.0 Å². The molecule has 0 heterocycles. The minimum atomic E-state index is -3.48. The van der Waals surface area contributed by atoms with Gasteiger partial charge >= 0.3 is 0 Å². The molecule has 5 nitrogen and oxygen atoms in total. The fourth-order valence-corrected chi connectivity index (χ4v) is 2.42. The molecule has 0 bridgehead atoms. The molecule has 0 aliphatic heterocycles. The van der Waals surface area contributed by atoms with Gasteiger partial charge in [-0.1, -0.05) is 24.6 Å². The highest BCUT2D eigenvalue weighted by Gasteiger charge is 2.20. The number of nitrogens with one attached hydrogen (secondary N) is 1. The van der Waals surface area contributed by atoms with Gasteiger partial charge in [0.15, 0.2) is 0 Å². The van der Waals surface area contributed by atoms with Gasteiger partial charge in [0.2, 0.25) is 15.9 Å². The van der Waals surface area contributed by atoms with Crippen molar-refractivity contribution >= 4 is 21.6 Å². The first-order valence-electron chi connectivity index (χ1n) is 6.15. The van der Waals surface area contributed by atoms with Crippen LogP contribution < -0.4 is 9.62 Å². The number of rotatable bonds is 6. The Labute approximate surface area is 114 Å². The lowest BCUT2D eigenvalue weighted by Gasteiger charge is -2.21. The summed E-state index contributed by atoms with van der Waals surface area (Å²) in [5, 5.41) is 2.67. The molecule has 0 atom stereocenters.